The van der Waals surface area contributed by atoms with Gasteiger partial charge in [-0.05, 0) is 55.5 Å². The van der Waals surface area contributed by atoms with E-state index in [9.17, 15) is 9.59 Å². The molecule has 2 amide bonds. The molecule has 4 rings (SSSR count). The third-order valence-corrected chi connectivity index (χ3v) is 5.84. The second-order valence-electron chi connectivity index (χ2n) is 7.68. The first-order chi connectivity index (χ1) is 13.5. The first-order valence-corrected chi connectivity index (χ1v) is 10.0. The van der Waals surface area contributed by atoms with Gasteiger partial charge in [0, 0.05) is 18.1 Å². The van der Waals surface area contributed by atoms with Gasteiger partial charge in [0.2, 0.25) is 0 Å². The van der Waals surface area contributed by atoms with Crippen molar-refractivity contribution in [2.75, 3.05) is 18.0 Å². The molecule has 0 bridgehead atoms. The quantitative estimate of drug-likeness (QED) is 0.710. The van der Waals surface area contributed by atoms with Crippen molar-refractivity contribution in [2.45, 2.75) is 26.7 Å². The maximum Gasteiger partial charge on any atom is 0.282 e. The van der Waals surface area contributed by atoms with Gasteiger partial charge in [-0.15, -0.1) is 0 Å². The van der Waals surface area contributed by atoms with Crippen LogP contribution in [0, 0.1) is 12.8 Å². The van der Waals surface area contributed by atoms with E-state index in [2.05, 4.69) is 11.8 Å². The Bertz CT molecular complexity index is 940. The maximum atomic E-state index is 13.4. The number of hydrogen-bond acceptors (Lipinski definition) is 3. The number of anilines is 1. The lowest BCUT2D eigenvalue weighted by molar-refractivity contribution is -0.120. The second kappa shape index (κ2) is 7.44. The molecule has 144 valence electrons. The van der Waals surface area contributed by atoms with Crippen LogP contribution < -0.4 is 4.90 Å². The van der Waals surface area contributed by atoms with Crippen LogP contribution in [-0.4, -0.2) is 29.8 Å². The highest BCUT2D eigenvalue weighted by Crippen LogP contribution is 2.36. The molecular formula is C23H23ClN2O2. The van der Waals surface area contributed by atoms with Gasteiger partial charge in [0.1, 0.15) is 5.70 Å². The number of carbonyl (C=O) groups is 2. The first-order valence-electron chi connectivity index (χ1n) is 9.66. The van der Waals surface area contributed by atoms with E-state index in [1.165, 1.54) is 4.90 Å². The highest BCUT2D eigenvalue weighted by atomic mass is 35.5. The minimum Gasteiger partial charge on any atom is -0.366 e. The molecule has 2 aliphatic rings. The highest BCUT2D eigenvalue weighted by Gasteiger charge is 2.42. The predicted molar refractivity (Wildman–Crippen MR) is 112 cm³/mol. The number of imide groups is 1. The summed E-state index contributed by atoms with van der Waals surface area (Å²) in [5.74, 6) is 0.112. The van der Waals surface area contributed by atoms with Crippen molar-refractivity contribution in [1.29, 1.82) is 0 Å². The van der Waals surface area contributed by atoms with Crippen molar-refractivity contribution in [3.8, 4) is 0 Å². The van der Waals surface area contributed by atoms with E-state index in [0.717, 1.165) is 37.1 Å². The summed E-state index contributed by atoms with van der Waals surface area (Å²) >= 11 is 5.99. The van der Waals surface area contributed by atoms with Gasteiger partial charge in [-0.1, -0.05) is 48.4 Å². The molecular weight excluding hydrogens is 372 g/mol. The zero-order valence-corrected chi connectivity index (χ0v) is 16.9. The van der Waals surface area contributed by atoms with E-state index >= 15 is 0 Å². The number of benzene rings is 2. The molecule has 2 aromatic carbocycles. The van der Waals surface area contributed by atoms with Crippen LogP contribution in [-0.2, 0) is 9.59 Å². The molecule has 0 N–H and O–H groups in total. The van der Waals surface area contributed by atoms with Crippen LogP contribution in [0.1, 0.15) is 30.9 Å². The normalized spacial score (nSPS) is 18.4. The van der Waals surface area contributed by atoms with Gasteiger partial charge in [-0.25, -0.2) is 4.90 Å². The summed E-state index contributed by atoms with van der Waals surface area (Å²) in [6.07, 6.45) is 2.04. The Hall–Kier alpha value is -2.59. The molecule has 0 atom stereocenters. The Balaban J connectivity index is 1.79. The Morgan fingerprint density at radius 3 is 2.11 bits per heavy atom. The molecule has 1 fully saturated rings. The van der Waals surface area contributed by atoms with Gasteiger partial charge >= 0.3 is 0 Å². The second-order valence-corrected chi connectivity index (χ2v) is 8.12. The molecule has 0 spiro atoms. The van der Waals surface area contributed by atoms with Crippen molar-refractivity contribution < 1.29 is 9.59 Å². The Morgan fingerprint density at radius 2 is 1.50 bits per heavy atom. The Morgan fingerprint density at radius 1 is 0.893 bits per heavy atom. The summed E-state index contributed by atoms with van der Waals surface area (Å²) in [7, 11) is 0. The van der Waals surface area contributed by atoms with Gasteiger partial charge in [-0.2, -0.15) is 0 Å². The third kappa shape index (κ3) is 3.33. The maximum absolute atomic E-state index is 13.4. The van der Waals surface area contributed by atoms with Crippen LogP contribution in [0.5, 0.6) is 0 Å². The molecule has 0 aromatic heterocycles. The van der Waals surface area contributed by atoms with E-state index in [1.54, 1.807) is 24.3 Å². The smallest absolute Gasteiger partial charge is 0.282 e. The zero-order chi connectivity index (χ0) is 19.8. The summed E-state index contributed by atoms with van der Waals surface area (Å²) in [6.45, 7) is 5.82. The molecule has 28 heavy (non-hydrogen) atoms. The number of rotatable bonds is 3. The molecule has 0 saturated carbocycles. The number of nitrogens with zero attached hydrogens (tertiary/aromatic N) is 2. The average molecular weight is 395 g/mol. The summed E-state index contributed by atoms with van der Waals surface area (Å²) in [5, 5.41) is 0.569. The summed E-state index contributed by atoms with van der Waals surface area (Å²) in [4.78, 5) is 30.2. The van der Waals surface area contributed by atoms with Crippen molar-refractivity contribution in [3.63, 3.8) is 0 Å². The summed E-state index contributed by atoms with van der Waals surface area (Å²) in [6, 6.07) is 14.6. The Labute approximate surface area is 170 Å². The van der Waals surface area contributed by atoms with Crippen molar-refractivity contribution in [3.05, 3.63) is 70.4 Å². The van der Waals surface area contributed by atoms with Crippen LogP contribution in [0.25, 0.3) is 5.57 Å². The van der Waals surface area contributed by atoms with Crippen molar-refractivity contribution in [2.24, 2.45) is 5.92 Å². The van der Waals surface area contributed by atoms with Crippen molar-refractivity contribution in [1.82, 2.24) is 4.90 Å². The number of amides is 2. The summed E-state index contributed by atoms with van der Waals surface area (Å²) < 4.78 is 0. The predicted octanol–water partition coefficient (Wildman–Crippen LogP) is 4.66. The number of hydrogen-bond donors (Lipinski definition) is 0. The van der Waals surface area contributed by atoms with E-state index in [1.807, 2.05) is 31.2 Å². The lowest BCUT2D eigenvalue weighted by Gasteiger charge is -2.32. The fourth-order valence-electron chi connectivity index (χ4n) is 3.85. The molecule has 5 heteroatoms. The van der Waals surface area contributed by atoms with Crippen LogP contribution in [0.3, 0.4) is 0 Å². The largest absolute Gasteiger partial charge is 0.366 e. The minimum absolute atomic E-state index is 0.252. The van der Waals surface area contributed by atoms with Crippen LogP contribution >= 0.6 is 11.6 Å². The molecule has 0 radical (unpaired) electrons. The fraction of sp³-hybridized carbons (Fsp3) is 0.304. The molecule has 2 aromatic rings. The fourth-order valence-corrected chi connectivity index (χ4v) is 3.97. The van der Waals surface area contributed by atoms with Crippen LogP contribution in [0.2, 0.25) is 5.02 Å². The summed E-state index contributed by atoms with van der Waals surface area (Å²) in [5.41, 5.74) is 3.47. The van der Waals surface area contributed by atoms with Gasteiger partial charge in [-0.3, -0.25) is 9.59 Å². The van der Waals surface area contributed by atoms with E-state index in [-0.39, 0.29) is 11.8 Å². The molecule has 4 nitrogen and oxygen atoms in total. The van der Waals surface area contributed by atoms with Gasteiger partial charge in [0.05, 0.1) is 11.3 Å². The van der Waals surface area contributed by atoms with E-state index in [0.29, 0.717) is 27.9 Å². The first kappa shape index (κ1) is 18.8. The average Bonchev–Trinajstić information content (AvgIpc) is 2.94. The molecule has 2 aliphatic heterocycles. The highest BCUT2D eigenvalue weighted by molar-refractivity contribution is 6.45. The zero-order valence-electron chi connectivity index (χ0n) is 16.1. The number of halogens is 1. The number of piperidine rings is 1. The van der Waals surface area contributed by atoms with Gasteiger partial charge in [0.15, 0.2) is 0 Å². The lowest BCUT2D eigenvalue weighted by atomic mass is 9.97. The van der Waals surface area contributed by atoms with E-state index < -0.39 is 0 Å². The Kier molecular flexibility index (Phi) is 4.98. The van der Waals surface area contributed by atoms with Crippen molar-refractivity contribution >= 4 is 34.7 Å². The molecule has 0 unspecified atom stereocenters. The van der Waals surface area contributed by atoms with Crippen LogP contribution in [0.4, 0.5) is 5.69 Å². The standard InChI is InChI=1S/C23H23ClN2O2/c1-15-3-5-17(6-4-15)20-21(25-13-11-16(2)12-14-25)23(28)26(22(20)27)19-9-7-18(24)8-10-19/h3-10,16H,11-14H2,1-2H3. The van der Waals surface area contributed by atoms with Crippen LogP contribution in [0.15, 0.2) is 54.2 Å². The number of likely N-dealkylation sites (tertiary alicyclic amines) is 1. The third-order valence-electron chi connectivity index (χ3n) is 5.58. The van der Waals surface area contributed by atoms with Gasteiger partial charge in [0.25, 0.3) is 11.8 Å². The SMILES string of the molecule is Cc1ccc(C2=C(N3CCC(C)CC3)C(=O)N(c3ccc(Cl)cc3)C2=O)cc1. The lowest BCUT2D eigenvalue weighted by Crippen LogP contribution is -2.38. The molecule has 1 saturated heterocycles. The van der Waals surface area contributed by atoms with Gasteiger partial charge < -0.3 is 4.90 Å². The number of aryl methyl sites for hydroxylation is 1. The molecule has 0 aliphatic carbocycles. The monoisotopic (exact) mass is 394 g/mol. The number of carbonyl (C=O) groups excluding carboxylic acids is 2. The van der Waals surface area contributed by atoms with E-state index in [4.69, 9.17) is 11.6 Å². The minimum atomic E-state index is -0.273. The molecule has 2 heterocycles. The topological polar surface area (TPSA) is 40.6 Å².